The lowest BCUT2D eigenvalue weighted by Gasteiger charge is -2.37. The van der Waals surface area contributed by atoms with Gasteiger partial charge in [-0.15, -0.1) is 6.58 Å². The number of hydrogen-bond donors (Lipinski definition) is 0. The average molecular weight is 222 g/mol. The van der Waals surface area contributed by atoms with E-state index in [2.05, 4.69) is 25.7 Å². The molecule has 0 heterocycles. The zero-order valence-electron chi connectivity index (χ0n) is 10.4. The summed E-state index contributed by atoms with van der Waals surface area (Å²) in [5, 5.41) is 0. The maximum Gasteiger partial charge on any atom is 0.312 e. The first-order valence-electron chi connectivity index (χ1n) is 6.12. The topological polar surface area (TPSA) is 26.3 Å². The minimum Gasteiger partial charge on any atom is -0.466 e. The van der Waals surface area contributed by atoms with Crippen molar-refractivity contribution in [1.29, 1.82) is 0 Å². The largest absolute Gasteiger partial charge is 0.466 e. The Kier molecular flexibility index (Phi) is 4.78. The fourth-order valence-corrected chi connectivity index (χ4v) is 2.43. The standard InChI is InChI=1S/C14H22O2/c1-4-6-10-14(13(15)16-5-2)11-8-7-9-12(14)3/h4,7,9,12H,1,5-6,8,10-11H2,2-3H3/t12-,14+/m0/s1. The van der Waals surface area contributed by atoms with Crippen LogP contribution < -0.4 is 0 Å². The molecule has 0 fully saturated rings. The van der Waals surface area contributed by atoms with E-state index >= 15 is 0 Å². The molecule has 0 aromatic carbocycles. The highest BCUT2D eigenvalue weighted by atomic mass is 16.5. The highest BCUT2D eigenvalue weighted by Crippen LogP contribution is 2.42. The summed E-state index contributed by atoms with van der Waals surface area (Å²) in [6, 6.07) is 0. The van der Waals surface area contributed by atoms with Gasteiger partial charge in [-0.3, -0.25) is 4.79 Å². The van der Waals surface area contributed by atoms with E-state index in [0.29, 0.717) is 6.61 Å². The molecule has 90 valence electrons. The van der Waals surface area contributed by atoms with Crippen molar-refractivity contribution in [2.75, 3.05) is 6.61 Å². The summed E-state index contributed by atoms with van der Waals surface area (Å²) < 4.78 is 5.25. The molecule has 0 saturated carbocycles. The third-order valence-electron chi connectivity index (χ3n) is 3.53. The van der Waals surface area contributed by atoms with Crippen molar-refractivity contribution in [3.63, 3.8) is 0 Å². The van der Waals surface area contributed by atoms with Crippen molar-refractivity contribution in [1.82, 2.24) is 0 Å². The molecule has 0 N–H and O–H groups in total. The van der Waals surface area contributed by atoms with Gasteiger partial charge in [0.15, 0.2) is 0 Å². The summed E-state index contributed by atoms with van der Waals surface area (Å²) in [6.07, 6.45) is 9.78. The molecule has 0 spiro atoms. The maximum absolute atomic E-state index is 12.1. The fourth-order valence-electron chi connectivity index (χ4n) is 2.43. The summed E-state index contributed by atoms with van der Waals surface area (Å²) in [5.41, 5.74) is -0.320. The highest BCUT2D eigenvalue weighted by Gasteiger charge is 2.43. The Hall–Kier alpha value is -1.05. The van der Waals surface area contributed by atoms with Crippen molar-refractivity contribution in [3.8, 4) is 0 Å². The summed E-state index contributed by atoms with van der Waals surface area (Å²) in [5.74, 6) is 0.231. The lowest BCUT2D eigenvalue weighted by molar-refractivity contribution is -0.159. The van der Waals surface area contributed by atoms with Crippen molar-refractivity contribution in [3.05, 3.63) is 24.8 Å². The SMILES string of the molecule is C=CCC[C@@]1(C(=O)OCC)CCC=C[C@@H]1C. The van der Waals surface area contributed by atoms with Gasteiger partial charge in [0.25, 0.3) is 0 Å². The van der Waals surface area contributed by atoms with Crippen LogP contribution in [0.15, 0.2) is 24.8 Å². The van der Waals surface area contributed by atoms with Crippen molar-refractivity contribution in [2.45, 2.75) is 39.5 Å². The van der Waals surface area contributed by atoms with Gasteiger partial charge in [0.1, 0.15) is 0 Å². The van der Waals surface area contributed by atoms with Crippen LogP contribution in [0.4, 0.5) is 0 Å². The zero-order valence-corrected chi connectivity index (χ0v) is 10.4. The van der Waals surface area contributed by atoms with Gasteiger partial charge in [0.05, 0.1) is 12.0 Å². The molecular formula is C14H22O2. The van der Waals surface area contributed by atoms with E-state index in [1.54, 1.807) is 0 Å². The number of carbonyl (C=O) groups excluding carboxylic acids is 1. The van der Waals surface area contributed by atoms with E-state index in [4.69, 9.17) is 4.74 Å². The minimum absolute atomic E-state index is 0.0336. The second kappa shape index (κ2) is 5.88. The number of esters is 1. The molecule has 1 aliphatic rings. The van der Waals surface area contributed by atoms with Gasteiger partial charge in [-0.05, 0) is 38.5 Å². The van der Waals surface area contributed by atoms with E-state index < -0.39 is 0 Å². The molecule has 0 radical (unpaired) electrons. The summed E-state index contributed by atoms with van der Waals surface area (Å²) in [6.45, 7) is 8.17. The van der Waals surface area contributed by atoms with Gasteiger partial charge in [-0.25, -0.2) is 0 Å². The Morgan fingerprint density at radius 3 is 3.00 bits per heavy atom. The molecule has 0 amide bonds. The van der Waals surface area contributed by atoms with Gasteiger partial charge in [-0.2, -0.15) is 0 Å². The highest BCUT2D eigenvalue weighted by molar-refractivity contribution is 5.77. The maximum atomic E-state index is 12.1. The summed E-state index contributed by atoms with van der Waals surface area (Å²) >= 11 is 0. The number of carbonyl (C=O) groups is 1. The first-order valence-corrected chi connectivity index (χ1v) is 6.12. The molecule has 1 rings (SSSR count). The van der Waals surface area contributed by atoms with Crippen LogP contribution in [0.25, 0.3) is 0 Å². The minimum atomic E-state index is -0.320. The van der Waals surface area contributed by atoms with Crippen LogP contribution in [0, 0.1) is 11.3 Å². The van der Waals surface area contributed by atoms with Gasteiger partial charge >= 0.3 is 5.97 Å². The Bertz CT molecular complexity index is 280. The molecule has 0 aromatic rings. The van der Waals surface area contributed by atoms with Gasteiger partial charge in [0, 0.05) is 0 Å². The Labute approximate surface area is 98.4 Å². The quantitative estimate of drug-likeness (QED) is 0.526. The second-order valence-electron chi connectivity index (χ2n) is 4.46. The Morgan fingerprint density at radius 2 is 2.44 bits per heavy atom. The van der Waals surface area contributed by atoms with Crippen molar-refractivity contribution >= 4 is 5.97 Å². The van der Waals surface area contributed by atoms with E-state index in [0.717, 1.165) is 25.7 Å². The van der Waals surface area contributed by atoms with Crippen LogP contribution in [0.3, 0.4) is 0 Å². The molecule has 0 unspecified atom stereocenters. The predicted octanol–water partition coefficient (Wildman–Crippen LogP) is 3.49. The smallest absolute Gasteiger partial charge is 0.312 e. The third kappa shape index (κ3) is 2.55. The second-order valence-corrected chi connectivity index (χ2v) is 4.46. The van der Waals surface area contributed by atoms with Crippen LogP contribution in [-0.4, -0.2) is 12.6 Å². The average Bonchev–Trinajstić information content (AvgIpc) is 2.28. The first kappa shape index (κ1) is 13.0. The Morgan fingerprint density at radius 1 is 1.69 bits per heavy atom. The molecule has 1 aliphatic carbocycles. The molecule has 2 atom stereocenters. The lowest BCUT2D eigenvalue weighted by atomic mass is 9.67. The van der Waals surface area contributed by atoms with Crippen molar-refractivity contribution < 1.29 is 9.53 Å². The number of allylic oxidation sites excluding steroid dienone is 3. The van der Waals surface area contributed by atoms with Gasteiger partial charge in [-0.1, -0.05) is 25.2 Å². The molecule has 2 heteroatoms. The zero-order chi connectivity index (χ0) is 12.0. The molecule has 0 aromatic heterocycles. The van der Waals surface area contributed by atoms with Crippen LogP contribution in [0.5, 0.6) is 0 Å². The van der Waals surface area contributed by atoms with E-state index in [1.807, 2.05) is 13.0 Å². The normalized spacial score (nSPS) is 28.8. The predicted molar refractivity (Wildman–Crippen MR) is 66.0 cm³/mol. The number of hydrogen-bond acceptors (Lipinski definition) is 2. The lowest BCUT2D eigenvalue weighted by Crippen LogP contribution is -2.39. The number of rotatable bonds is 5. The van der Waals surface area contributed by atoms with E-state index in [1.165, 1.54) is 0 Å². The van der Waals surface area contributed by atoms with E-state index in [-0.39, 0.29) is 17.3 Å². The molecule has 16 heavy (non-hydrogen) atoms. The monoisotopic (exact) mass is 222 g/mol. The van der Waals surface area contributed by atoms with E-state index in [9.17, 15) is 4.79 Å². The molecule has 0 saturated heterocycles. The molecule has 2 nitrogen and oxygen atoms in total. The molecular weight excluding hydrogens is 200 g/mol. The Balaban J connectivity index is 2.86. The fraction of sp³-hybridized carbons (Fsp3) is 0.643. The summed E-state index contributed by atoms with van der Waals surface area (Å²) in [4.78, 5) is 12.1. The van der Waals surface area contributed by atoms with Gasteiger partial charge in [0.2, 0.25) is 0 Å². The number of ether oxygens (including phenoxy) is 1. The van der Waals surface area contributed by atoms with Crippen LogP contribution in [0.2, 0.25) is 0 Å². The van der Waals surface area contributed by atoms with Crippen LogP contribution in [-0.2, 0) is 9.53 Å². The summed E-state index contributed by atoms with van der Waals surface area (Å²) in [7, 11) is 0. The molecule has 0 bridgehead atoms. The first-order chi connectivity index (χ1) is 7.67. The van der Waals surface area contributed by atoms with Crippen LogP contribution >= 0.6 is 0 Å². The van der Waals surface area contributed by atoms with Crippen LogP contribution in [0.1, 0.15) is 39.5 Å². The van der Waals surface area contributed by atoms with Crippen molar-refractivity contribution in [2.24, 2.45) is 11.3 Å². The molecule has 0 aliphatic heterocycles. The van der Waals surface area contributed by atoms with Gasteiger partial charge < -0.3 is 4.74 Å². The third-order valence-corrected chi connectivity index (χ3v) is 3.53.